The van der Waals surface area contributed by atoms with Gasteiger partial charge in [0.25, 0.3) is 0 Å². The molecule has 45 heavy (non-hydrogen) atoms. The van der Waals surface area contributed by atoms with Gasteiger partial charge >= 0.3 is 0 Å². The minimum Gasteiger partial charge on any atom is -0.394 e. The molecule has 13 heteroatoms. The van der Waals surface area contributed by atoms with Crippen LogP contribution in [0.15, 0.2) is 65.8 Å². The zero-order valence-electron chi connectivity index (χ0n) is 25.8. The molecule has 4 atom stereocenters. The Morgan fingerprint density at radius 1 is 1.02 bits per heavy atom. The number of rotatable bonds is 15. The number of aryl methyl sites for hydroxylation is 1. The summed E-state index contributed by atoms with van der Waals surface area (Å²) in [6, 6.07) is 14.2. The second kappa shape index (κ2) is 15.6. The molecule has 246 valence electrons. The Morgan fingerprint density at radius 3 is 2.36 bits per heavy atom. The molecule has 0 aliphatic carbocycles. The number of carbonyl (C=O) groups is 1. The van der Waals surface area contributed by atoms with E-state index >= 15 is 0 Å². The standard InChI is InChI=1S/C32H42ClN3O8S/c1-20-17-34-14-13-24(20)22-8-5-9-23(16-22)32(3,4)36(45(43,44)28-11-6-10-25(33)21(28)2)15-7-12-29(40)35-18-26(38)30(41)31(42)27(39)19-37/h5-6,8-11,13-14,16-17,26-27,30-31,37-39,41-42H,7,12,15,18-19H2,1-4H3,(H,35,40). The molecule has 3 rings (SSSR count). The first kappa shape index (κ1) is 36.5. The lowest BCUT2D eigenvalue weighted by Crippen LogP contribution is -2.49. The Hall–Kier alpha value is -2.94. The normalized spacial score (nSPS) is 15.0. The van der Waals surface area contributed by atoms with E-state index < -0.39 is 59.0 Å². The first-order valence-corrected chi connectivity index (χ1v) is 16.3. The van der Waals surface area contributed by atoms with E-state index in [-0.39, 0.29) is 24.3 Å². The number of carbonyl (C=O) groups excluding carboxylic acids is 1. The molecule has 2 aromatic carbocycles. The number of sulfonamides is 1. The van der Waals surface area contributed by atoms with Gasteiger partial charge in [-0.25, -0.2) is 8.42 Å². The molecule has 0 saturated heterocycles. The summed E-state index contributed by atoms with van der Waals surface area (Å²) in [5, 5.41) is 51.1. The number of nitrogens with zero attached hydrogens (tertiary/aromatic N) is 2. The smallest absolute Gasteiger partial charge is 0.244 e. The third-order valence-corrected chi connectivity index (χ3v) is 10.5. The van der Waals surface area contributed by atoms with Gasteiger partial charge in [-0.15, -0.1) is 0 Å². The van der Waals surface area contributed by atoms with Gasteiger partial charge in [0, 0.05) is 36.9 Å². The number of halogens is 1. The predicted octanol–water partition coefficient (Wildman–Crippen LogP) is 2.28. The molecule has 1 aromatic heterocycles. The number of aliphatic hydroxyl groups excluding tert-OH is 5. The third kappa shape index (κ3) is 8.66. The summed E-state index contributed by atoms with van der Waals surface area (Å²) in [5.41, 5.74) is 2.88. The lowest BCUT2D eigenvalue weighted by atomic mass is 9.90. The van der Waals surface area contributed by atoms with E-state index in [4.69, 9.17) is 16.7 Å². The Balaban J connectivity index is 1.86. The summed E-state index contributed by atoms with van der Waals surface area (Å²) in [6.45, 7) is 5.88. The largest absolute Gasteiger partial charge is 0.394 e. The molecule has 0 aliphatic rings. The molecular weight excluding hydrogens is 622 g/mol. The fraction of sp³-hybridized carbons (Fsp3) is 0.438. The van der Waals surface area contributed by atoms with Crippen molar-refractivity contribution >= 4 is 27.5 Å². The van der Waals surface area contributed by atoms with Crippen LogP contribution in [0, 0.1) is 13.8 Å². The van der Waals surface area contributed by atoms with Crippen molar-refractivity contribution in [3.8, 4) is 11.1 Å². The summed E-state index contributed by atoms with van der Waals surface area (Å²) < 4.78 is 29.9. The molecule has 0 saturated carbocycles. The van der Waals surface area contributed by atoms with E-state index in [9.17, 15) is 33.6 Å². The van der Waals surface area contributed by atoms with Crippen LogP contribution in [-0.4, -0.2) is 93.3 Å². The van der Waals surface area contributed by atoms with Crippen molar-refractivity contribution in [3.05, 3.63) is 82.6 Å². The highest BCUT2D eigenvalue weighted by atomic mass is 35.5. The molecule has 0 aliphatic heterocycles. The van der Waals surface area contributed by atoms with Crippen LogP contribution in [0.5, 0.6) is 0 Å². The van der Waals surface area contributed by atoms with Gasteiger partial charge in [-0.2, -0.15) is 4.31 Å². The van der Waals surface area contributed by atoms with Crippen molar-refractivity contribution in [2.75, 3.05) is 19.7 Å². The average Bonchev–Trinajstić information content (AvgIpc) is 3.01. The van der Waals surface area contributed by atoms with Gasteiger partial charge in [-0.05, 0) is 86.2 Å². The lowest BCUT2D eigenvalue weighted by molar-refractivity contribution is -0.126. The zero-order chi connectivity index (χ0) is 33.5. The number of benzene rings is 2. The van der Waals surface area contributed by atoms with E-state index in [1.807, 2.05) is 37.3 Å². The minimum absolute atomic E-state index is 0.0419. The molecule has 4 unspecified atom stereocenters. The molecule has 11 nitrogen and oxygen atoms in total. The van der Waals surface area contributed by atoms with Crippen LogP contribution in [0.25, 0.3) is 11.1 Å². The second-order valence-electron chi connectivity index (χ2n) is 11.5. The summed E-state index contributed by atoms with van der Waals surface area (Å²) >= 11 is 6.31. The molecule has 1 amide bonds. The monoisotopic (exact) mass is 663 g/mol. The summed E-state index contributed by atoms with van der Waals surface area (Å²) in [4.78, 5) is 16.8. The fourth-order valence-electron chi connectivity index (χ4n) is 5.07. The van der Waals surface area contributed by atoms with Gasteiger partial charge in [0.05, 0.1) is 23.1 Å². The highest BCUT2D eigenvalue weighted by Crippen LogP contribution is 2.37. The third-order valence-electron chi connectivity index (χ3n) is 7.91. The molecule has 0 fully saturated rings. The molecule has 1 heterocycles. The summed E-state index contributed by atoms with van der Waals surface area (Å²) in [7, 11) is -4.14. The first-order chi connectivity index (χ1) is 21.1. The van der Waals surface area contributed by atoms with E-state index in [2.05, 4.69) is 10.3 Å². The molecule has 0 radical (unpaired) electrons. The van der Waals surface area contributed by atoms with Crippen LogP contribution in [0.1, 0.15) is 43.4 Å². The van der Waals surface area contributed by atoms with E-state index in [0.29, 0.717) is 10.6 Å². The predicted molar refractivity (Wildman–Crippen MR) is 171 cm³/mol. The molecule has 0 bridgehead atoms. The minimum atomic E-state index is -4.14. The van der Waals surface area contributed by atoms with Crippen molar-refractivity contribution in [2.45, 2.75) is 75.4 Å². The van der Waals surface area contributed by atoms with Gasteiger partial charge in [0.2, 0.25) is 15.9 Å². The van der Waals surface area contributed by atoms with Gasteiger partial charge in [0.1, 0.15) is 18.3 Å². The van der Waals surface area contributed by atoms with Crippen LogP contribution in [0.3, 0.4) is 0 Å². The van der Waals surface area contributed by atoms with Crippen molar-refractivity contribution in [1.82, 2.24) is 14.6 Å². The quantitative estimate of drug-likeness (QED) is 0.142. The van der Waals surface area contributed by atoms with Crippen LogP contribution in [0.4, 0.5) is 0 Å². The Kier molecular flexibility index (Phi) is 12.6. The number of nitrogens with one attached hydrogen (secondary N) is 1. The summed E-state index contributed by atoms with van der Waals surface area (Å²) in [6.07, 6.45) is -3.47. The number of aromatic nitrogens is 1. The maximum atomic E-state index is 14.3. The van der Waals surface area contributed by atoms with E-state index in [1.54, 1.807) is 45.3 Å². The number of aliphatic hydroxyl groups is 5. The average molecular weight is 664 g/mol. The van der Waals surface area contributed by atoms with Crippen LogP contribution < -0.4 is 5.32 Å². The SMILES string of the molecule is Cc1cnccc1-c1cccc(C(C)(C)N(CCCC(=O)NCC(O)C(O)C(O)C(O)CO)S(=O)(=O)c2cccc(Cl)c2C)c1. The van der Waals surface area contributed by atoms with Crippen LogP contribution in [0.2, 0.25) is 5.02 Å². The van der Waals surface area contributed by atoms with Gasteiger partial charge in [0.15, 0.2) is 0 Å². The van der Waals surface area contributed by atoms with Crippen molar-refractivity contribution in [1.29, 1.82) is 0 Å². The molecule has 6 N–H and O–H groups in total. The van der Waals surface area contributed by atoms with E-state index in [1.165, 1.54) is 10.4 Å². The highest BCUT2D eigenvalue weighted by Gasteiger charge is 2.39. The van der Waals surface area contributed by atoms with Crippen LogP contribution >= 0.6 is 11.6 Å². The van der Waals surface area contributed by atoms with Gasteiger partial charge in [-0.1, -0.05) is 35.9 Å². The molecular formula is C32H42ClN3O8S. The second-order valence-corrected chi connectivity index (χ2v) is 13.7. The van der Waals surface area contributed by atoms with Crippen molar-refractivity contribution in [2.24, 2.45) is 0 Å². The van der Waals surface area contributed by atoms with Crippen molar-refractivity contribution < 1.29 is 38.7 Å². The van der Waals surface area contributed by atoms with E-state index in [0.717, 1.165) is 22.3 Å². The van der Waals surface area contributed by atoms with Crippen LogP contribution in [-0.2, 0) is 20.4 Å². The van der Waals surface area contributed by atoms with Gasteiger partial charge in [-0.3, -0.25) is 9.78 Å². The topological polar surface area (TPSA) is 181 Å². The fourth-order valence-corrected chi connectivity index (χ4v) is 7.36. The highest BCUT2D eigenvalue weighted by molar-refractivity contribution is 7.89. The van der Waals surface area contributed by atoms with Gasteiger partial charge < -0.3 is 30.8 Å². The molecule has 0 spiro atoms. The Labute approximate surface area is 269 Å². The lowest BCUT2D eigenvalue weighted by Gasteiger charge is -2.38. The Morgan fingerprint density at radius 2 is 1.69 bits per heavy atom. The van der Waals surface area contributed by atoms with Crippen molar-refractivity contribution in [3.63, 3.8) is 0 Å². The number of hydrogen-bond donors (Lipinski definition) is 6. The Bertz CT molecular complexity index is 1570. The first-order valence-electron chi connectivity index (χ1n) is 14.5. The number of pyridine rings is 1. The zero-order valence-corrected chi connectivity index (χ0v) is 27.3. The number of amides is 1. The number of hydrogen-bond acceptors (Lipinski definition) is 9. The maximum absolute atomic E-state index is 14.3. The summed E-state index contributed by atoms with van der Waals surface area (Å²) in [5.74, 6) is -0.525. The molecule has 3 aromatic rings. The maximum Gasteiger partial charge on any atom is 0.244 e.